The molecule has 0 fully saturated rings. The third-order valence-corrected chi connectivity index (χ3v) is 6.36. The number of allylic oxidation sites excluding steroid dienone is 10. The SMILES string of the molecule is CC/C=C\C/C=C\C/C=C\C/C=C\C/C=C\CCCC(=O)NC(CCCCNC(=O)C/C=C/c1ccc(C)nc1)C(=O)O. The Kier molecular flexibility index (Phi) is 22.1. The van der Waals surface area contributed by atoms with Crippen LogP contribution in [0.1, 0.15) is 95.2 Å². The van der Waals surface area contributed by atoms with Crippen LogP contribution in [0, 0.1) is 6.92 Å². The van der Waals surface area contributed by atoms with Gasteiger partial charge >= 0.3 is 5.97 Å². The maximum atomic E-state index is 12.2. The van der Waals surface area contributed by atoms with Gasteiger partial charge in [0.15, 0.2) is 0 Å². The molecule has 0 saturated heterocycles. The maximum absolute atomic E-state index is 12.2. The molecule has 1 rings (SSSR count). The maximum Gasteiger partial charge on any atom is 0.326 e. The summed E-state index contributed by atoms with van der Waals surface area (Å²) in [5.41, 5.74) is 1.88. The topological polar surface area (TPSA) is 108 Å². The van der Waals surface area contributed by atoms with Gasteiger partial charge in [-0.15, -0.1) is 0 Å². The van der Waals surface area contributed by atoms with Gasteiger partial charge < -0.3 is 15.7 Å². The molecule has 1 unspecified atom stereocenters. The van der Waals surface area contributed by atoms with Crippen molar-refractivity contribution in [1.29, 1.82) is 0 Å². The number of pyridine rings is 1. The molecule has 1 atom stereocenters. The molecule has 1 heterocycles. The molecule has 0 aromatic carbocycles. The van der Waals surface area contributed by atoms with Crippen molar-refractivity contribution in [3.05, 3.63) is 96.4 Å². The van der Waals surface area contributed by atoms with E-state index < -0.39 is 12.0 Å². The van der Waals surface area contributed by atoms with Gasteiger partial charge in [-0.2, -0.15) is 0 Å². The van der Waals surface area contributed by atoms with Crippen LogP contribution >= 0.6 is 0 Å². The highest BCUT2D eigenvalue weighted by Gasteiger charge is 2.19. The number of carboxylic acid groups (broad SMARTS) is 1. The molecule has 0 aliphatic carbocycles. The van der Waals surface area contributed by atoms with E-state index in [2.05, 4.69) is 83.3 Å². The number of aliphatic carboxylic acids is 1. The van der Waals surface area contributed by atoms with Crippen LogP contribution < -0.4 is 10.6 Å². The Morgan fingerprint density at radius 1 is 0.814 bits per heavy atom. The highest BCUT2D eigenvalue weighted by molar-refractivity contribution is 5.83. The molecule has 234 valence electrons. The van der Waals surface area contributed by atoms with Gasteiger partial charge in [0.05, 0.1) is 0 Å². The van der Waals surface area contributed by atoms with E-state index in [1.54, 1.807) is 12.3 Å². The summed E-state index contributed by atoms with van der Waals surface area (Å²) in [4.78, 5) is 40.0. The molecule has 43 heavy (non-hydrogen) atoms. The molecule has 7 nitrogen and oxygen atoms in total. The summed E-state index contributed by atoms with van der Waals surface area (Å²) >= 11 is 0. The number of hydrogen-bond acceptors (Lipinski definition) is 4. The first kappa shape index (κ1) is 37.0. The average Bonchev–Trinajstić information content (AvgIpc) is 2.98. The van der Waals surface area contributed by atoms with Crippen molar-refractivity contribution >= 4 is 23.9 Å². The number of amides is 2. The molecule has 0 spiro atoms. The number of aryl methyl sites for hydroxylation is 1. The smallest absolute Gasteiger partial charge is 0.326 e. The van der Waals surface area contributed by atoms with Gasteiger partial charge in [-0.05, 0) is 82.8 Å². The van der Waals surface area contributed by atoms with Crippen molar-refractivity contribution in [2.75, 3.05) is 6.54 Å². The Bertz CT molecular complexity index is 1100. The van der Waals surface area contributed by atoms with Gasteiger partial charge in [-0.1, -0.05) is 85.9 Å². The lowest BCUT2D eigenvalue weighted by Crippen LogP contribution is -2.40. The van der Waals surface area contributed by atoms with Gasteiger partial charge in [0.1, 0.15) is 6.04 Å². The predicted molar refractivity (Wildman–Crippen MR) is 177 cm³/mol. The number of carbonyl (C=O) groups is 3. The van der Waals surface area contributed by atoms with Crippen molar-refractivity contribution in [3.8, 4) is 0 Å². The molecule has 0 aliphatic heterocycles. The second-order valence-electron chi connectivity index (χ2n) is 10.2. The van der Waals surface area contributed by atoms with Crippen LogP contribution in [0.5, 0.6) is 0 Å². The molecule has 1 aromatic heterocycles. The molecular formula is C36H51N3O4. The lowest BCUT2D eigenvalue weighted by molar-refractivity contribution is -0.142. The van der Waals surface area contributed by atoms with Crippen molar-refractivity contribution in [2.24, 2.45) is 0 Å². The first-order valence-electron chi connectivity index (χ1n) is 15.5. The van der Waals surface area contributed by atoms with Crippen LogP contribution in [0.2, 0.25) is 0 Å². The minimum Gasteiger partial charge on any atom is -0.480 e. The second-order valence-corrected chi connectivity index (χ2v) is 10.2. The number of nitrogens with zero attached hydrogens (tertiary/aromatic N) is 1. The highest BCUT2D eigenvalue weighted by Crippen LogP contribution is 2.05. The number of nitrogens with one attached hydrogen (secondary N) is 2. The van der Waals surface area contributed by atoms with E-state index in [4.69, 9.17) is 0 Å². The van der Waals surface area contributed by atoms with Crippen molar-refractivity contribution < 1.29 is 19.5 Å². The monoisotopic (exact) mass is 589 g/mol. The van der Waals surface area contributed by atoms with Gasteiger partial charge in [0, 0.05) is 31.3 Å². The molecule has 1 aromatic rings. The molecule has 2 amide bonds. The summed E-state index contributed by atoms with van der Waals surface area (Å²) in [7, 11) is 0. The molecule has 7 heteroatoms. The number of rotatable bonds is 23. The van der Waals surface area contributed by atoms with Gasteiger partial charge in [-0.3, -0.25) is 14.6 Å². The summed E-state index contributed by atoms with van der Waals surface area (Å²) in [6.45, 7) is 4.52. The van der Waals surface area contributed by atoms with E-state index in [-0.39, 0.29) is 18.2 Å². The van der Waals surface area contributed by atoms with Crippen molar-refractivity contribution in [1.82, 2.24) is 15.6 Å². The zero-order valence-corrected chi connectivity index (χ0v) is 26.0. The number of hydrogen-bond donors (Lipinski definition) is 3. The van der Waals surface area contributed by atoms with Crippen LogP contribution in [-0.2, 0) is 14.4 Å². The number of unbranched alkanes of at least 4 members (excludes halogenated alkanes) is 2. The van der Waals surface area contributed by atoms with Gasteiger partial charge in [0.25, 0.3) is 0 Å². The normalized spacial score (nSPS) is 12.9. The molecular weight excluding hydrogens is 538 g/mol. The Labute approximate surface area is 258 Å². The van der Waals surface area contributed by atoms with Gasteiger partial charge in [-0.25, -0.2) is 4.79 Å². The lowest BCUT2D eigenvalue weighted by atomic mass is 10.1. The zero-order chi connectivity index (χ0) is 31.4. The summed E-state index contributed by atoms with van der Waals surface area (Å²) in [6, 6.07) is 2.95. The van der Waals surface area contributed by atoms with Gasteiger partial charge in [0.2, 0.25) is 11.8 Å². The third-order valence-electron chi connectivity index (χ3n) is 6.36. The van der Waals surface area contributed by atoms with E-state index in [9.17, 15) is 19.5 Å². The molecule has 0 aliphatic rings. The van der Waals surface area contributed by atoms with Crippen LogP contribution in [0.3, 0.4) is 0 Å². The average molecular weight is 590 g/mol. The fourth-order valence-electron chi connectivity index (χ4n) is 3.93. The number of carbonyl (C=O) groups excluding carboxylic acids is 2. The summed E-state index contributed by atoms with van der Waals surface area (Å²) in [6.07, 6.45) is 35.3. The Morgan fingerprint density at radius 3 is 2.02 bits per heavy atom. The van der Waals surface area contributed by atoms with Crippen molar-refractivity contribution in [3.63, 3.8) is 0 Å². The second kappa shape index (κ2) is 25.7. The standard InChI is InChI=1S/C36H51N3O4/c1-3-4-5-6-7-8-9-10-11-12-13-14-15-16-17-18-19-25-35(41)39-33(36(42)43)24-20-21-29-37-34(40)26-22-23-32-28-27-31(2)38-30-32/h4-5,7-8,10-11,13-14,16-17,22-23,27-28,30,33H,3,6,9,12,15,18-21,24-26,29H2,1-2H3,(H,37,40)(H,39,41)(H,42,43)/b5-4-,8-7-,11-10-,14-13-,17-16-,23-22+. The molecule has 0 bridgehead atoms. The Balaban J connectivity index is 2.10. The fourth-order valence-corrected chi connectivity index (χ4v) is 3.93. The molecule has 0 radical (unpaired) electrons. The predicted octanol–water partition coefficient (Wildman–Crippen LogP) is 7.57. The van der Waals surface area contributed by atoms with E-state index in [1.165, 1.54) is 0 Å². The minimum atomic E-state index is -1.04. The summed E-state index contributed by atoms with van der Waals surface area (Å²) in [5.74, 6) is -1.37. The minimum absolute atomic E-state index is 0.0908. The first-order valence-corrected chi connectivity index (χ1v) is 15.5. The zero-order valence-electron chi connectivity index (χ0n) is 26.0. The molecule has 0 saturated carbocycles. The van der Waals surface area contributed by atoms with Crippen molar-refractivity contribution in [2.45, 2.75) is 96.9 Å². The summed E-state index contributed by atoms with van der Waals surface area (Å²) < 4.78 is 0. The van der Waals surface area contributed by atoms with E-state index in [0.717, 1.165) is 49.8 Å². The van der Waals surface area contributed by atoms with Crippen LogP contribution in [0.15, 0.2) is 85.2 Å². The third kappa shape index (κ3) is 22.3. The summed E-state index contributed by atoms with van der Waals surface area (Å²) in [5, 5.41) is 14.9. The van der Waals surface area contributed by atoms with E-state index >= 15 is 0 Å². The number of aromatic nitrogens is 1. The first-order chi connectivity index (χ1) is 20.9. The lowest BCUT2D eigenvalue weighted by Gasteiger charge is -2.14. The fraction of sp³-hybridized carbons (Fsp3) is 0.444. The largest absolute Gasteiger partial charge is 0.480 e. The van der Waals surface area contributed by atoms with Crippen LogP contribution in [0.4, 0.5) is 0 Å². The Morgan fingerprint density at radius 2 is 1.44 bits per heavy atom. The van der Waals surface area contributed by atoms with Crippen LogP contribution in [0.25, 0.3) is 6.08 Å². The van der Waals surface area contributed by atoms with E-state index in [0.29, 0.717) is 38.6 Å². The quantitative estimate of drug-likeness (QED) is 0.0901. The Hall–Kier alpha value is -4.00. The molecule has 3 N–H and O–H groups in total. The highest BCUT2D eigenvalue weighted by atomic mass is 16.4. The number of carboxylic acids is 1. The van der Waals surface area contributed by atoms with E-state index in [1.807, 2.05) is 25.1 Å². The van der Waals surface area contributed by atoms with Crippen LogP contribution in [-0.4, -0.2) is 40.5 Å².